The van der Waals surface area contributed by atoms with E-state index in [0.717, 1.165) is 26.2 Å². The van der Waals surface area contributed by atoms with Gasteiger partial charge in [-0.25, -0.2) is 4.99 Å². The van der Waals surface area contributed by atoms with Gasteiger partial charge in [-0.1, -0.05) is 49.9 Å². The minimum absolute atomic E-state index is 0.325. The number of nitrogens with one attached hydrogen (secondary N) is 1. The lowest BCUT2D eigenvalue weighted by Gasteiger charge is -2.31. The van der Waals surface area contributed by atoms with Crippen LogP contribution in [-0.4, -0.2) is 42.7 Å². The van der Waals surface area contributed by atoms with Crippen LogP contribution >= 0.6 is 0 Å². The lowest BCUT2D eigenvalue weighted by molar-refractivity contribution is -0.0212. The summed E-state index contributed by atoms with van der Waals surface area (Å²) in [6.07, 6.45) is 8.05. The van der Waals surface area contributed by atoms with E-state index < -0.39 is 0 Å². The molecule has 5 nitrogen and oxygen atoms in total. The van der Waals surface area contributed by atoms with Crippen LogP contribution in [0.4, 0.5) is 0 Å². The third kappa shape index (κ3) is 6.29. The molecule has 1 aromatic carbocycles. The van der Waals surface area contributed by atoms with E-state index in [-0.39, 0.29) is 0 Å². The van der Waals surface area contributed by atoms with Gasteiger partial charge in [0.1, 0.15) is 0 Å². The SMILES string of the molecule is CC1CN(Cc2cccc(CN=C(N)NC3CCCCCC3)c2)CCO1. The Morgan fingerprint density at radius 1 is 1.23 bits per heavy atom. The fourth-order valence-electron chi connectivity index (χ4n) is 3.97. The number of hydrogen-bond donors (Lipinski definition) is 2. The molecule has 0 bridgehead atoms. The number of hydrogen-bond acceptors (Lipinski definition) is 3. The van der Waals surface area contributed by atoms with Crippen molar-refractivity contribution in [2.24, 2.45) is 10.7 Å². The maximum atomic E-state index is 6.12. The van der Waals surface area contributed by atoms with E-state index in [0.29, 0.717) is 24.7 Å². The van der Waals surface area contributed by atoms with Crippen LogP contribution in [0.2, 0.25) is 0 Å². The van der Waals surface area contributed by atoms with Crippen molar-refractivity contribution in [2.45, 2.75) is 70.7 Å². The molecule has 3 N–H and O–H groups in total. The van der Waals surface area contributed by atoms with Crippen molar-refractivity contribution >= 4 is 5.96 Å². The number of aliphatic imine (C=N–C) groups is 1. The van der Waals surface area contributed by atoms with Crippen LogP contribution in [0.25, 0.3) is 0 Å². The fourth-order valence-corrected chi connectivity index (χ4v) is 3.97. The highest BCUT2D eigenvalue weighted by atomic mass is 16.5. The van der Waals surface area contributed by atoms with E-state index >= 15 is 0 Å². The molecular weight excluding hydrogens is 324 g/mol. The Balaban J connectivity index is 1.51. The summed E-state index contributed by atoms with van der Waals surface area (Å²) in [5.74, 6) is 0.587. The van der Waals surface area contributed by atoms with Gasteiger partial charge in [-0.15, -0.1) is 0 Å². The maximum Gasteiger partial charge on any atom is 0.189 e. The quantitative estimate of drug-likeness (QED) is 0.482. The van der Waals surface area contributed by atoms with Crippen LogP contribution in [0.5, 0.6) is 0 Å². The third-order valence-corrected chi connectivity index (χ3v) is 5.36. The predicted molar refractivity (Wildman–Crippen MR) is 107 cm³/mol. The summed E-state index contributed by atoms with van der Waals surface area (Å²) in [5, 5.41) is 3.42. The maximum absolute atomic E-state index is 6.12. The van der Waals surface area contributed by atoms with E-state index in [4.69, 9.17) is 10.5 Å². The Labute approximate surface area is 158 Å². The van der Waals surface area contributed by atoms with Crippen LogP contribution in [0.1, 0.15) is 56.6 Å². The molecule has 0 spiro atoms. The number of benzene rings is 1. The Morgan fingerprint density at radius 2 is 2.00 bits per heavy atom. The molecule has 144 valence electrons. The molecule has 1 saturated carbocycles. The fraction of sp³-hybridized carbons (Fsp3) is 0.667. The number of nitrogens with two attached hydrogens (primary N) is 1. The average Bonchev–Trinajstić information content (AvgIpc) is 2.89. The minimum Gasteiger partial charge on any atom is -0.376 e. The summed E-state index contributed by atoms with van der Waals surface area (Å²) < 4.78 is 5.62. The molecule has 2 aliphatic rings. The first-order chi connectivity index (χ1) is 12.7. The van der Waals surface area contributed by atoms with Gasteiger partial charge < -0.3 is 15.8 Å². The van der Waals surface area contributed by atoms with Gasteiger partial charge in [0.2, 0.25) is 0 Å². The van der Waals surface area contributed by atoms with Gasteiger partial charge in [-0.05, 0) is 30.9 Å². The van der Waals surface area contributed by atoms with Crippen molar-refractivity contribution in [3.05, 3.63) is 35.4 Å². The third-order valence-electron chi connectivity index (χ3n) is 5.36. The smallest absolute Gasteiger partial charge is 0.189 e. The highest BCUT2D eigenvalue weighted by Gasteiger charge is 2.16. The first-order valence-corrected chi connectivity index (χ1v) is 10.2. The second-order valence-electron chi connectivity index (χ2n) is 7.77. The summed E-state index contributed by atoms with van der Waals surface area (Å²) in [6.45, 7) is 6.58. The van der Waals surface area contributed by atoms with E-state index in [9.17, 15) is 0 Å². The van der Waals surface area contributed by atoms with Crippen LogP contribution in [0.3, 0.4) is 0 Å². The molecule has 1 unspecified atom stereocenters. The van der Waals surface area contributed by atoms with Crippen LogP contribution < -0.4 is 11.1 Å². The zero-order chi connectivity index (χ0) is 18.2. The topological polar surface area (TPSA) is 62.9 Å². The summed E-state index contributed by atoms with van der Waals surface area (Å²) in [5.41, 5.74) is 8.68. The standard InChI is InChI=1S/C21H34N4O/c1-17-15-25(11-12-26-17)16-19-8-6-7-18(13-19)14-23-21(22)24-20-9-4-2-3-5-10-20/h6-8,13,17,20H,2-5,9-12,14-16H2,1H3,(H3,22,23,24). The van der Waals surface area contributed by atoms with E-state index in [1.165, 1.54) is 49.7 Å². The molecule has 1 heterocycles. The molecule has 2 fully saturated rings. The molecule has 1 atom stereocenters. The van der Waals surface area contributed by atoms with Crippen LogP contribution in [0.15, 0.2) is 29.3 Å². The summed E-state index contributed by atoms with van der Waals surface area (Å²) >= 11 is 0. The van der Waals surface area contributed by atoms with Gasteiger partial charge in [-0.3, -0.25) is 4.90 Å². The lowest BCUT2D eigenvalue weighted by atomic mass is 10.1. The second-order valence-corrected chi connectivity index (χ2v) is 7.77. The van der Waals surface area contributed by atoms with Gasteiger partial charge in [-0.2, -0.15) is 0 Å². The molecular formula is C21H34N4O. The summed E-state index contributed by atoms with van der Waals surface area (Å²) in [6, 6.07) is 9.20. The van der Waals surface area contributed by atoms with Gasteiger partial charge in [0.15, 0.2) is 5.96 Å². The molecule has 3 rings (SSSR count). The highest BCUT2D eigenvalue weighted by molar-refractivity contribution is 5.78. The Kier molecular flexibility index (Phi) is 7.32. The number of rotatable bonds is 5. The first-order valence-electron chi connectivity index (χ1n) is 10.2. The zero-order valence-electron chi connectivity index (χ0n) is 16.1. The van der Waals surface area contributed by atoms with Crippen molar-refractivity contribution in [3.63, 3.8) is 0 Å². The molecule has 1 aromatic rings. The zero-order valence-corrected chi connectivity index (χ0v) is 16.1. The molecule has 1 aliphatic heterocycles. The Bertz CT molecular complexity index is 581. The molecule has 0 radical (unpaired) electrons. The van der Waals surface area contributed by atoms with Gasteiger partial charge in [0, 0.05) is 25.7 Å². The van der Waals surface area contributed by atoms with Crippen molar-refractivity contribution < 1.29 is 4.74 Å². The average molecular weight is 359 g/mol. The second kappa shape index (κ2) is 9.93. The molecule has 1 saturated heterocycles. The van der Waals surface area contributed by atoms with Gasteiger partial charge >= 0.3 is 0 Å². The minimum atomic E-state index is 0.325. The van der Waals surface area contributed by atoms with E-state index in [1.54, 1.807) is 0 Å². The number of nitrogens with zero attached hydrogens (tertiary/aromatic N) is 2. The molecule has 0 amide bonds. The Morgan fingerprint density at radius 3 is 2.77 bits per heavy atom. The van der Waals surface area contributed by atoms with Crippen LogP contribution in [0, 0.1) is 0 Å². The van der Waals surface area contributed by atoms with E-state index in [2.05, 4.69) is 46.4 Å². The highest BCUT2D eigenvalue weighted by Crippen LogP contribution is 2.17. The van der Waals surface area contributed by atoms with E-state index in [1.807, 2.05) is 0 Å². The van der Waals surface area contributed by atoms with Gasteiger partial charge in [0.25, 0.3) is 0 Å². The lowest BCUT2D eigenvalue weighted by Crippen LogP contribution is -2.40. The van der Waals surface area contributed by atoms with Crippen LogP contribution in [-0.2, 0) is 17.8 Å². The summed E-state index contributed by atoms with van der Waals surface area (Å²) in [7, 11) is 0. The normalized spacial score (nSPS) is 23.6. The van der Waals surface area contributed by atoms with Crippen molar-refractivity contribution in [1.29, 1.82) is 0 Å². The van der Waals surface area contributed by atoms with Crippen molar-refractivity contribution in [3.8, 4) is 0 Å². The number of guanidine groups is 1. The first kappa shape index (κ1) is 19.2. The monoisotopic (exact) mass is 358 g/mol. The van der Waals surface area contributed by atoms with Gasteiger partial charge in [0.05, 0.1) is 19.3 Å². The van der Waals surface area contributed by atoms with Crippen molar-refractivity contribution in [1.82, 2.24) is 10.2 Å². The Hall–Kier alpha value is -1.59. The number of ether oxygens (including phenoxy) is 1. The predicted octanol–water partition coefficient (Wildman–Crippen LogP) is 3.03. The molecule has 0 aromatic heterocycles. The molecule has 5 heteroatoms. The van der Waals surface area contributed by atoms with Crippen molar-refractivity contribution in [2.75, 3.05) is 19.7 Å². The number of morpholine rings is 1. The molecule has 26 heavy (non-hydrogen) atoms. The molecule has 1 aliphatic carbocycles. The largest absolute Gasteiger partial charge is 0.376 e. The summed E-state index contributed by atoms with van der Waals surface area (Å²) in [4.78, 5) is 7.03.